The van der Waals surface area contributed by atoms with Gasteiger partial charge in [-0.05, 0) is 66.6 Å². The predicted octanol–water partition coefficient (Wildman–Crippen LogP) is 4.15. The maximum absolute atomic E-state index is 12.1. The van der Waals surface area contributed by atoms with Crippen LogP contribution in [0.4, 0.5) is 5.69 Å². The number of amides is 1. The number of aromatic nitrogens is 1. The van der Waals surface area contributed by atoms with Crippen LogP contribution in [0.15, 0.2) is 37.3 Å². The molecule has 27 heavy (non-hydrogen) atoms. The number of hydrogen-bond acceptors (Lipinski definition) is 4. The third-order valence-electron chi connectivity index (χ3n) is 4.89. The van der Waals surface area contributed by atoms with E-state index in [0.717, 1.165) is 46.3 Å². The van der Waals surface area contributed by atoms with Crippen molar-refractivity contribution in [3.63, 3.8) is 0 Å². The summed E-state index contributed by atoms with van der Waals surface area (Å²) in [6, 6.07) is 4.12. The number of aryl methyl sites for hydroxylation is 2. The first-order chi connectivity index (χ1) is 12.9. The van der Waals surface area contributed by atoms with E-state index in [1.807, 2.05) is 25.4 Å². The molecule has 1 aromatic heterocycles. The van der Waals surface area contributed by atoms with Crippen molar-refractivity contribution in [2.24, 2.45) is 5.73 Å². The Morgan fingerprint density at radius 1 is 1.41 bits per heavy atom. The molecule has 0 spiro atoms. The van der Waals surface area contributed by atoms with E-state index < -0.39 is 5.91 Å². The van der Waals surface area contributed by atoms with Crippen molar-refractivity contribution in [1.29, 1.82) is 0 Å². The molecular formula is C22H29N3O2. The Morgan fingerprint density at radius 2 is 2.15 bits per heavy atom. The molecule has 0 saturated heterocycles. The van der Waals surface area contributed by atoms with Crippen LogP contribution < -0.4 is 11.1 Å². The lowest BCUT2D eigenvalue weighted by Gasteiger charge is -2.24. The quantitative estimate of drug-likeness (QED) is 0.621. The smallest absolute Gasteiger partial charge is 0.251 e. The van der Waals surface area contributed by atoms with Crippen LogP contribution in [0.3, 0.4) is 0 Å². The fraction of sp³-hybridized carbons (Fsp3) is 0.364. The van der Waals surface area contributed by atoms with E-state index in [0.29, 0.717) is 12.0 Å². The monoisotopic (exact) mass is 367 g/mol. The van der Waals surface area contributed by atoms with E-state index in [-0.39, 0.29) is 12.5 Å². The zero-order valence-corrected chi connectivity index (χ0v) is 16.4. The van der Waals surface area contributed by atoms with Crippen LogP contribution >= 0.6 is 0 Å². The number of nitrogens with zero attached hydrogens (tertiary/aromatic N) is 1. The van der Waals surface area contributed by atoms with Crippen LogP contribution in [0.1, 0.15) is 59.7 Å². The Bertz CT molecular complexity index is 831. The van der Waals surface area contributed by atoms with Crippen molar-refractivity contribution in [2.45, 2.75) is 46.0 Å². The molecule has 0 aliphatic rings. The highest BCUT2D eigenvalue weighted by Crippen LogP contribution is 2.40. The first kappa shape index (κ1) is 20.6. The van der Waals surface area contributed by atoms with Crippen LogP contribution in [-0.4, -0.2) is 22.6 Å². The van der Waals surface area contributed by atoms with Crippen molar-refractivity contribution < 1.29 is 9.90 Å². The molecule has 5 heteroatoms. The number of hydrogen-bond donors (Lipinski definition) is 3. The number of pyridine rings is 1. The summed E-state index contributed by atoms with van der Waals surface area (Å²) in [4.78, 5) is 16.5. The Balaban J connectivity index is 2.75. The number of benzene rings is 1. The average Bonchev–Trinajstić information content (AvgIpc) is 2.65. The van der Waals surface area contributed by atoms with Gasteiger partial charge in [-0.1, -0.05) is 26.5 Å². The van der Waals surface area contributed by atoms with Gasteiger partial charge in [0.1, 0.15) is 0 Å². The molecule has 1 amide bonds. The Labute approximate surface area is 161 Å². The summed E-state index contributed by atoms with van der Waals surface area (Å²) in [5.74, 6) is -0.245. The fourth-order valence-corrected chi connectivity index (χ4v) is 3.41. The largest absolute Gasteiger partial charge is 0.396 e. The molecule has 1 atom stereocenters. The van der Waals surface area contributed by atoms with Crippen LogP contribution in [0.5, 0.6) is 0 Å². The van der Waals surface area contributed by atoms with Gasteiger partial charge in [-0.2, -0.15) is 0 Å². The van der Waals surface area contributed by atoms with E-state index in [1.54, 1.807) is 6.20 Å². The number of primary amides is 1. The van der Waals surface area contributed by atoms with Gasteiger partial charge >= 0.3 is 0 Å². The first-order valence-electron chi connectivity index (χ1n) is 9.34. The number of nitrogens with two attached hydrogens (primary N) is 1. The summed E-state index contributed by atoms with van der Waals surface area (Å²) in [6.07, 6.45) is 7.63. The normalized spacial score (nSPS) is 11.9. The third-order valence-corrected chi connectivity index (χ3v) is 4.89. The lowest BCUT2D eigenvalue weighted by Crippen LogP contribution is -2.17. The Hall–Kier alpha value is -2.66. The first-order valence-corrected chi connectivity index (χ1v) is 9.34. The third kappa shape index (κ3) is 4.55. The minimum absolute atomic E-state index is 0.155. The van der Waals surface area contributed by atoms with Crippen LogP contribution in [0, 0.1) is 6.92 Å². The topological polar surface area (TPSA) is 88.2 Å². The summed E-state index contributed by atoms with van der Waals surface area (Å²) >= 11 is 0. The summed E-state index contributed by atoms with van der Waals surface area (Å²) in [5, 5.41) is 12.2. The second kappa shape index (κ2) is 9.33. The number of aliphatic hydroxyl groups is 1. The predicted molar refractivity (Wildman–Crippen MR) is 111 cm³/mol. The summed E-state index contributed by atoms with van der Waals surface area (Å²) in [6.45, 7) is 10.1. The van der Waals surface area contributed by atoms with Gasteiger partial charge in [0.05, 0.1) is 11.3 Å². The molecule has 0 bridgehead atoms. The van der Waals surface area contributed by atoms with Crippen molar-refractivity contribution in [3.05, 3.63) is 59.6 Å². The van der Waals surface area contributed by atoms with E-state index >= 15 is 0 Å². The highest BCUT2D eigenvalue weighted by Gasteiger charge is 2.23. The highest BCUT2D eigenvalue weighted by atomic mass is 16.2. The minimum atomic E-state index is -0.456. The molecular weight excluding hydrogens is 338 g/mol. The molecule has 0 radical (unpaired) electrons. The Morgan fingerprint density at radius 3 is 2.74 bits per heavy atom. The fourth-order valence-electron chi connectivity index (χ4n) is 3.41. The molecule has 1 unspecified atom stereocenters. The Kier molecular flexibility index (Phi) is 7.13. The molecule has 0 aliphatic carbocycles. The molecule has 0 aliphatic heterocycles. The van der Waals surface area contributed by atoms with Gasteiger partial charge in [-0.25, -0.2) is 0 Å². The molecule has 1 heterocycles. The standard InChI is InChI=1S/C22H29N3O2/c1-5-14(3)19-18(17-11-16(8-7-9-26)12-24-13-17)10-15(4)20(22(23)27)21(19)25-6-2/h6,10-14,25-26H,2,5,7-9H2,1,3-4H3,(H2,23,27). The highest BCUT2D eigenvalue weighted by molar-refractivity contribution is 6.02. The van der Waals surface area contributed by atoms with E-state index in [4.69, 9.17) is 10.8 Å². The minimum Gasteiger partial charge on any atom is -0.396 e. The number of rotatable bonds is 9. The van der Waals surface area contributed by atoms with Crippen LogP contribution in [-0.2, 0) is 6.42 Å². The number of carbonyl (C=O) groups excluding carboxylic acids is 1. The SMILES string of the molecule is C=CNc1c(C(N)=O)c(C)cc(-c2cncc(CCCO)c2)c1C(C)CC. The van der Waals surface area contributed by atoms with Gasteiger partial charge in [0.25, 0.3) is 5.91 Å². The van der Waals surface area contributed by atoms with Gasteiger partial charge in [0.2, 0.25) is 0 Å². The van der Waals surface area contributed by atoms with Crippen molar-refractivity contribution in [3.8, 4) is 11.1 Å². The lowest BCUT2D eigenvalue weighted by molar-refractivity contribution is 0.100. The second-order valence-corrected chi connectivity index (χ2v) is 6.84. The van der Waals surface area contributed by atoms with Gasteiger partial charge in [0.15, 0.2) is 0 Å². The number of nitrogens with one attached hydrogen (secondary N) is 1. The van der Waals surface area contributed by atoms with Crippen LogP contribution in [0.25, 0.3) is 11.1 Å². The second-order valence-electron chi connectivity index (χ2n) is 6.84. The molecule has 0 fully saturated rings. The molecule has 0 saturated carbocycles. The molecule has 2 aromatic rings. The number of carbonyl (C=O) groups is 1. The lowest BCUT2D eigenvalue weighted by atomic mass is 9.84. The van der Waals surface area contributed by atoms with Gasteiger partial charge in [0, 0.05) is 24.6 Å². The van der Waals surface area contributed by atoms with Crippen LogP contribution in [0.2, 0.25) is 0 Å². The zero-order valence-electron chi connectivity index (χ0n) is 16.4. The van der Waals surface area contributed by atoms with Gasteiger partial charge in [-0.3, -0.25) is 9.78 Å². The zero-order chi connectivity index (χ0) is 20.0. The molecule has 1 aromatic carbocycles. The average molecular weight is 367 g/mol. The van der Waals surface area contributed by atoms with Gasteiger partial charge in [-0.15, -0.1) is 0 Å². The number of aliphatic hydroxyl groups excluding tert-OH is 1. The van der Waals surface area contributed by atoms with Crippen molar-refractivity contribution in [1.82, 2.24) is 4.98 Å². The van der Waals surface area contributed by atoms with Crippen molar-refractivity contribution >= 4 is 11.6 Å². The number of anilines is 1. The van der Waals surface area contributed by atoms with Crippen molar-refractivity contribution in [2.75, 3.05) is 11.9 Å². The molecule has 4 N–H and O–H groups in total. The van der Waals surface area contributed by atoms with E-state index in [2.05, 4.69) is 36.8 Å². The molecule has 144 valence electrons. The summed E-state index contributed by atoms with van der Waals surface area (Å²) in [7, 11) is 0. The molecule has 2 rings (SSSR count). The summed E-state index contributed by atoms with van der Waals surface area (Å²) in [5.41, 5.74) is 11.9. The maximum atomic E-state index is 12.1. The van der Waals surface area contributed by atoms with E-state index in [1.165, 1.54) is 0 Å². The van der Waals surface area contributed by atoms with Gasteiger partial charge < -0.3 is 16.2 Å². The van der Waals surface area contributed by atoms with E-state index in [9.17, 15) is 4.79 Å². The molecule has 5 nitrogen and oxygen atoms in total. The summed E-state index contributed by atoms with van der Waals surface area (Å²) < 4.78 is 0. The maximum Gasteiger partial charge on any atom is 0.251 e.